The van der Waals surface area contributed by atoms with E-state index in [1.54, 1.807) is 0 Å². The van der Waals surface area contributed by atoms with Gasteiger partial charge in [-0.05, 0) is 6.07 Å². The Bertz CT molecular complexity index is 407. The first-order valence-corrected chi connectivity index (χ1v) is 4.02. The van der Waals surface area contributed by atoms with Gasteiger partial charge in [-0.15, -0.1) is 0 Å². The number of primary amides is 1. The van der Waals surface area contributed by atoms with Crippen molar-refractivity contribution in [2.75, 3.05) is 20.0 Å². The van der Waals surface area contributed by atoms with E-state index in [-0.39, 0.29) is 22.7 Å². The molecule has 82 valence electrons. The Morgan fingerprint density at radius 1 is 1.40 bits per heavy atom. The van der Waals surface area contributed by atoms with Crippen molar-refractivity contribution in [3.63, 3.8) is 0 Å². The van der Waals surface area contributed by atoms with Gasteiger partial charge in [-0.3, -0.25) is 4.79 Å². The fourth-order valence-corrected chi connectivity index (χ4v) is 1.17. The van der Waals surface area contributed by atoms with E-state index in [9.17, 15) is 9.18 Å². The molecule has 0 fully saturated rings. The van der Waals surface area contributed by atoms with Gasteiger partial charge in [-0.25, -0.2) is 4.39 Å². The van der Waals surface area contributed by atoms with Crippen molar-refractivity contribution in [2.24, 2.45) is 5.73 Å². The SMILES string of the molecule is COc1cc(C(N)=O)c(N)c(F)c1OC. The second kappa shape index (κ2) is 4.04. The number of nitrogen functional groups attached to an aromatic ring is 1. The van der Waals surface area contributed by atoms with Crippen molar-refractivity contribution in [3.8, 4) is 11.5 Å². The third kappa shape index (κ3) is 1.78. The lowest BCUT2D eigenvalue weighted by Gasteiger charge is -2.12. The summed E-state index contributed by atoms with van der Waals surface area (Å²) in [5.41, 5.74) is 9.91. The highest BCUT2D eigenvalue weighted by Gasteiger charge is 2.20. The van der Waals surface area contributed by atoms with E-state index in [1.807, 2.05) is 0 Å². The van der Waals surface area contributed by atoms with Gasteiger partial charge < -0.3 is 20.9 Å². The third-order valence-electron chi connectivity index (χ3n) is 1.91. The molecule has 1 amide bonds. The van der Waals surface area contributed by atoms with Crippen LogP contribution >= 0.6 is 0 Å². The monoisotopic (exact) mass is 214 g/mol. The van der Waals surface area contributed by atoms with Crippen LogP contribution in [0.15, 0.2) is 6.07 Å². The zero-order valence-corrected chi connectivity index (χ0v) is 8.33. The molecule has 0 aromatic heterocycles. The molecule has 0 radical (unpaired) electrons. The van der Waals surface area contributed by atoms with Gasteiger partial charge in [-0.2, -0.15) is 0 Å². The Balaban J connectivity index is 3.49. The molecule has 15 heavy (non-hydrogen) atoms. The largest absolute Gasteiger partial charge is 0.493 e. The zero-order valence-electron chi connectivity index (χ0n) is 8.33. The third-order valence-corrected chi connectivity index (χ3v) is 1.91. The summed E-state index contributed by atoms with van der Waals surface area (Å²) >= 11 is 0. The molecular weight excluding hydrogens is 203 g/mol. The molecule has 0 aliphatic heterocycles. The van der Waals surface area contributed by atoms with Crippen LogP contribution in [0.1, 0.15) is 10.4 Å². The summed E-state index contributed by atoms with van der Waals surface area (Å²) in [6.07, 6.45) is 0. The lowest BCUT2D eigenvalue weighted by molar-refractivity contribution is 0.100. The minimum absolute atomic E-state index is 0.0676. The molecule has 1 aromatic carbocycles. The summed E-state index contributed by atoms with van der Waals surface area (Å²) in [5.74, 6) is -1.77. The molecule has 0 unspecified atom stereocenters. The number of hydrogen-bond acceptors (Lipinski definition) is 4. The standard InChI is InChI=1S/C9H11FN2O3/c1-14-5-3-4(9(12)13)7(11)6(10)8(5)15-2/h3H,11H2,1-2H3,(H2,12,13). The van der Waals surface area contributed by atoms with E-state index in [0.29, 0.717) is 0 Å². The first-order valence-electron chi connectivity index (χ1n) is 4.02. The van der Waals surface area contributed by atoms with Crippen LogP contribution in [-0.4, -0.2) is 20.1 Å². The van der Waals surface area contributed by atoms with Crippen molar-refractivity contribution < 1.29 is 18.7 Å². The number of nitrogens with two attached hydrogens (primary N) is 2. The maximum absolute atomic E-state index is 13.5. The van der Waals surface area contributed by atoms with Crippen LogP contribution in [0.3, 0.4) is 0 Å². The van der Waals surface area contributed by atoms with Crippen LogP contribution in [0.2, 0.25) is 0 Å². The number of methoxy groups -OCH3 is 2. The molecule has 1 rings (SSSR count). The highest BCUT2D eigenvalue weighted by molar-refractivity contribution is 5.99. The quantitative estimate of drug-likeness (QED) is 0.718. The second-order valence-electron chi connectivity index (χ2n) is 2.75. The smallest absolute Gasteiger partial charge is 0.251 e. The van der Waals surface area contributed by atoms with Crippen LogP contribution < -0.4 is 20.9 Å². The number of benzene rings is 1. The van der Waals surface area contributed by atoms with Crippen LogP contribution in [0.25, 0.3) is 0 Å². The van der Waals surface area contributed by atoms with E-state index in [4.69, 9.17) is 20.9 Å². The van der Waals surface area contributed by atoms with Crippen LogP contribution in [0.5, 0.6) is 11.5 Å². The van der Waals surface area contributed by atoms with Crippen molar-refractivity contribution in [1.82, 2.24) is 0 Å². The predicted octanol–water partition coefficient (Wildman–Crippen LogP) is 0.524. The fourth-order valence-electron chi connectivity index (χ4n) is 1.17. The molecule has 0 saturated heterocycles. The Morgan fingerprint density at radius 2 is 2.00 bits per heavy atom. The number of carbonyl (C=O) groups is 1. The summed E-state index contributed by atoms with van der Waals surface area (Å²) < 4.78 is 23.1. The molecule has 0 spiro atoms. The van der Waals surface area contributed by atoms with E-state index < -0.39 is 11.7 Å². The summed E-state index contributed by atoms with van der Waals surface area (Å²) in [4.78, 5) is 10.9. The van der Waals surface area contributed by atoms with Gasteiger partial charge in [0.15, 0.2) is 17.3 Å². The van der Waals surface area contributed by atoms with E-state index in [0.717, 1.165) is 0 Å². The maximum atomic E-state index is 13.5. The normalized spacial score (nSPS) is 9.80. The van der Waals surface area contributed by atoms with Crippen LogP contribution in [0, 0.1) is 5.82 Å². The number of hydrogen-bond donors (Lipinski definition) is 2. The number of anilines is 1. The Kier molecular flexibility index (Phi) is 2.99. The summed E-state index contributed by atoms with van der Waals surface area (Å²) in [5, 5.41) is 0. The maximum Gasteiger partial charge on any atom is 0.251 e. The Labute approximate surface area is 85.8 Å². The Hall–Kier alpha value is -1.98. The number of ether oxygens (including phenoxy) is 2. The first-order chi connectivity index (χ1) is 7.02. The minimum Gasteiger partial charge on any atom is -0.493 e. The van der Waals surface area contributed by atoms with Gasteiger partial charge in [0.2, 0.25) is 0 Å². The lowest BCUT2D eigenvalue weighted by Crippen LogP contribution is -2.15. The van der Waals surface area contributed by atoms with Crippen molar-refractivity contribution >= 4 is 11.6 Å². The predicted molar refractivity (Wildman–Crippen MR) is 52.4 cm³/mol. The van der Waals surface area contributed by atoms with Crippen molar-refractivity contribution in [2.45, 2.75) is 0 Å². The molecule has 4 N–H and O–H groups in total. The average molecular weight is 214 g/mol. The summed E-state index contributed by atoms with van der Waals surface area (Å²) in [7, 11) is 2.59. The molecule has 0 aliphatic rings. The molecule has 0 atom stereocenters. The molecule has 0 bridgehead atoms. The highest BCUT2D eigenvalue weighted by atomic mass is 19.1. The zero-order chi connectivity index (χ0) is 11.6. The lowest BCUT2D eigenvalue weighted by atomic mass is 10.1. The van der Waals surface area contributed by atoms with Gasteiger partial charge >= 0.3 is 0 Å². The van der Waals surface area contributed by atoms with E-state index in [1.165, 1.54) is 20.3 Å². The number of amides is 1. The molecule has 1 aromatic rings. The van der Waals surface area contributed by atoms with Crippen LogP contribution in [0.4, 0.5) is 10.1 Å². The van der Waals surface area contributed by atoms with Crippen molar-refractivity contribution in [1.29, 1.82) is 0 Å². The Morgan fingerprint density at radius 3 is 2.40 bits per heavy atom. The van der Waals surface area contributed by atoms with Gasteiger partial charge in [0.25, 0.3) is 5.91 Å². The summed E-state index contributed by atoms with van der Waals surface area (Å²) in [6, 6.07) is 1.24. The fraction of sp³-hybridized carbons (Fsp3) is 0.222. The van der Waals surface area contributed by atoms with Gasteiger partial charge in [0, 0.05) is 0 Å². The van der Waals surface area contributed by atoms with E-state index in [2.05, 4.69) is 0 Å². The molecule has 6 heteroatoms. The number of rotatable bonds is 3. The van der Waals surface area contributed by atoms with Crippen molar-refractivity contribution in [3.05, 3.63) is 17.4 Å². The average Bonchev–Trinajstić information content (AvgIpc) is 2.21. The molecule has 0 heterocycles. The number of carbonyl (C=O) groups excluding carboxylic acids is 1. The minimum atomic E-state index is -0.856. The van der Waals surface area contributed by atoms with Gasteiger partial charge in [0.05, 0.1) is 25.5 Å². The van der Waals surface area contributed by atoms with Crippen LogP contribution in [-0.2, 0) is 0 Å². The van der Waals surface area contributed by atoms with Gasteiger partial charge in [-0.1, -0.05) is 0 Å². The molecule has 5 nitrogen and oxygen atoms in total. The topological polar surface area (TPSA) is 87.6 Å². The van der Waals surface area contributed by atoms with E-state index >= 15 is 0 Å². The highest BCUT2D eigenvalue weighted by Crippen LogP contribution is 2.35. The van der Waals surface area contributed by atoms with Gasteiger partial charge in [0.1, 0.15) is 0 Å². The summed E-state index contributed by atoms with van der Waals surface area (Å²) in [6.45, 7) is 0. The first kappa shape index (κ1) is 11.1. The molecule has 0 saturated carbocycles. The second-order valence-corrected chi connectivity index (χ2v) is 2.75. The molecular formula is C9H11FN2O3. The number of halogens is 1. The molecule has 0 aliphatic carbocycles.